The Labute approximate surface area is 111 Å². The first-order chi connectivity index (χ1) is 8.32. The van der Waals surface area contributed by atoms with Gasteiger partial charge in [-0.3, -0.25) is 10.2 Å². The van der Waals surface area contributed by atoms with Crippen molar-refractivity contribution in [2.24, 2.45) is 10.8 Å². The second-order valence-electron chi connectivity index (χ2n) is 2.98. The molecule has 98 valence electrons. The van der Waals surface area contributed by atoms with Crippen molar-refractivity contribution in [3.05, 3.63) is 34.1 Å². The van der Waals surface area contributed by atoms with Crippen LogP contribution in [0.25, 0.3) is 0 Å². The molecule has 0 radical (unpaired) electrons. The number of aliphatic carboxylic acids is 1. The standard InChI is InChI=1S/C8H8BrFN4.C2H4O2/c9-6-3-5(1-2-7(6)10)4-13-14-8(11)12;1-2(3)4/h1-4H,(H4,11,12,14);1H3,(H,3,4)/b13-4+;. The van der Waals surface area contributed by atoms with Crippen LogP contribution in [0.15, 0.2) is 27.8 Å². The molecular formula is C10H12BrFN4O2. The Morgan fingerprint density at radius 3 is 2.67 bits per heavy atom. The highest BCUT2D eigenvalue weighted by Gasteiger charge is 1.97. The van der Waals surface area contributed by atoms with Crippen LogP contribution in [0.5, 0.6) is 0 Å². The minimum absolute atomic E-state index is 0.248. The number of benzene rings is 1. The largest absolute Gasteiger partial charge is 0.481 e. The molecule has 0 aliphatic heterocycles. The van der Waals surface area contributed by atoms with Gasteiger partial charge in [0.15, 0.2) is 0 Å². The summed E-state index contributed by atoms with van der Waals surface area (Å²) in [5.41, 5.74) is 7.95. The maximum Gasteiger partial charge on any atom is 0.300 e. The summed E-state index contributed by atoms with van der Waals surface area (Å²) in [5, 5.41) is 17.9. The van der Waals surface area contributed by atoms with Crippen molar-refractivity contribution in [1.29, 1.82) is 5.41 Å². The fourth-order valence-corrected chi connectivity index (χ4v) is 1.17. The molecule has 0 aliphatic rings. The van der Waals surface area contributed by atoms with E-state index in [0.29, 0.717) is 10.0 Å². The Morgan fingerprint density at radius 2 is 2.22 bits per heavy atom. The molecule has 0 unspecified atom stereocenters. The van der Waals surface area contributed by atoms with Gasteiger partial charge in [0.2, 0.25) is 5.96 Å². The Hall–Kier alpha value is -1.96. The number of hydrogen-bond donors (Lipinski definition) is 4. The van der Waals surface area contributed by atoms with Gasteiger partial charge in [-0.1, -0.05) is 6.07 Å². The highest BCUT2D eigenvalue weighted by Crippen LogP contribution is 2.15. The topological polar surface area (TPSA) is 112 Å². The Kier molecular flexibility index (Phi) is 7.29. The SMILES string of the molecule is CC(=O)O.N=C(N)N/N=C/c1ccc(F)c(Br)c1. The molecule has 5 N–H and O–H groups in total. The van der Waals surface area contributed by atoms with Crippen LogP contribution in [-0.2, 0) is 4.79 Å². The Balaban J connectivity index is 0.000000631. The second-order valence-corrected chi connectivity index (χ2v) is 3.83. The zero-order valence-electron chi connectivity index (χ0n) is 9.45. The molecule has 0 fully saturated rings. The number of nitrogens with zero attached hydrogens (tertiary/aromatic N) is 1. The minimum atomic E-state index is -0.833. The zero-order valence-corrected chi connectivity index (χ0v) is 11.0. The number of halogens is 2. The van der Waals surface area contributed by atoms with Crippen LogP contribution in [-0.4, -0.2) is 23.2 Å². The predicted octanol–water partition coefficient (Wildman–Crippen LogP) is 1.50. The lowest BCUT2D eigenvalue weighted by atomic mass is 10.2. The fraction of sp³-hybridized carbons (Fsp3) is 0.100. The molecule has 0 heterocycles. The summed E-state index contributed by atoms with van der Waals surface area (Å²) in [4.78, 5) is 9.00. The van der Waals surface area contributed by atoms with Crippen LogP contribution in [0.1, 0.15) is 12.5 Å². The maximum atomic E-state index is 12.8. The van der Waals surface area contributed by atoms with Crippen LogP contribution in [0.2, 0.25) is 0 Å². The quantitative estimate of drug-likeness (QED) is 0.376. The van der Waals surface area contributed by atoms with E-state index in [1.54, 1.807) is 12.1 Å². The van der Waals surface area contributed by atoms with Crippen molar-refractivity contribution in [2.75, 3.05) is 0 Å². The molecular weight excluding hydrogens is 307 g/mol. The number of carboxylic acid groups (broad SMARTS) is 1. The molecule has 0 atom stereocenters. The summed E-state index contributed by atoms with van der Waals surface area (Å²) in [6.07, 6.45) is 1.44. The van der Waals surface area contributed by atoms with Crippen LogP contribution in [0, 0.1) is 11.2 Å². The smallest absolute Gasteiger partial charge is 0.300 e. The number of hydrazone groups is 1. The van der Waals surface area contributed by atoms with Crippen molar-refractivity contribution in [2.45, 2.75) is 6.92 Å². The van der Waals surface area contributed by atoms with Crippen LogP contribution in [0.4, 0.5) is 4.39 Å². The summed E-state index contributed by atoms with van der Waals surface area (Å²) < 4.78 is 13.2. The van der Waals surface area contributed by atoms with E-state index in [0.717, 1.165) is 6.92 Å². The first-order valence-corrected chi connectivity index (χ1v) is 5.40. The Bertz CT molecular complexity index is 461. The molecule has 6 nitrogen and oxygen atoms in total. The lowest BCUT2D eigenvalue weighted by Crippen LogP contribution is -2.25. The molecule has 0 amide bonds. The van der Waals surface area contributed by atoms with Crippen molar-refractivity contribution in [1.82, 2.24) is 5.43 Å². The van der Waals surface area contributed by atoms with E-state index < -0.39 is 5.97 Å². The molecule has 0 spiro atoms. The van der Waals surface area contributed by atoms with Gasteiger partial charge in [-0.2, -0.15) is 5.10 Å². The molecule has 1 rings (SSSR count). The lowest BCUT2D eigenvalue weighted by molar-refractivity contribution is -0.134. The second kappa shape index (κ2) is 8.18. The zero-order chi connectivity index (χ0) is 14.1. The van der Waals surface area contributed by atoms with Crippen LogP contribution < -0.4 is 11.2 Å². The van der Waals surface area contributed by atoms with Crippen molar-refractivity contribution >= 4 is 34.1 Å². The van der Waals surface area contributed by atoms with Crippen molar-refractivity contribution < 1.29 is 14.3 Å². The molecule has 0 bridgehead atoms. The molecule has 0 saturated heterocycles. The van der Waals surface area contributed by atoms with Gasteiger partial charge in [-0.25, -0.2) is 9.82 Å². The molecule has 0 aromatic heterocycles. The van der Waals surface area contributed by atoms with E-state index in [1.165, 1.54) is 12.3 Å². The molecule has 1 aromatic carbocycles. The van der Waals surface area contributed by atoms with Crippen LogP contribution in [0.3, 0.4) is 0 Å². The Morgan fingerprint density at radius 1 is 1.67 bits per heavy atom. The molecule has 8 heteroatoms. The van der Waals surface area contributed by atoms with Gasteiger partial charge in [-0.05, 0) is 33.6 Å². The summed E-state index contributed by atoms with van der Waals surface area (Å²) in [6.45, 7) is 1.08. The van der Waals surface area contributed by atoms with Gasteiger partial charge in [-0.15, -0.1) is 0 Å². The van der Waals surface area contributed by atoms with E-state index in [2.05, 4.69) is 26.5 Å². The number of nitrogens with two attached hydrogens (primary N) is 1. The van der Waals surface area contributed by atoms with E-state index >= 15 is 0 Å². The van der Waals surface area contributed by atoms with E-state index in [-0.39, 0.29) is 11.8 Å². The maximum absolute atomic E-state index is 12.8. The number of hydrogen-bond acceptors (Lipinski definition) is 3. The number of rotatable bonds is 2. The predicted molar refractivity (Wildman–Crippen MR) is 70.1 cm³/mol. The normalized spacial score (nSPS) is 9.50. The monoisotopic (exact) mass is 318 g/mol. The van der Waals surface area contributed by atoms with Crippen LogP contribution >= 0.6 is 15.9 Å². The van der Waals surface area contributed by atoms with Gasteiger partial charge in [0.1, 0.15) is 5.82 Å². The first-order valence-electron chi connectivity index (χ1n) is 4.60. The third-order valence-corrected chi connectivity index (χ3v) is 1.95. The van der Waals surface area contributed by atoms with E-state index in [4.69, 9.17) is 21.0 Å². The van der Waals surface area contributed by atoms with Gasteiger partial charge < -0.3 is 10.8 Å². The molecule has 0 aliphatic carbocycles. The van der Waals surface area contributed by atoms with E-state index in [9.17, 15) is 4.39 Å². The third-order valence-electron chi connectivity index (χ3n) is 1.34. The lowest BCUT2D eigenvalue weighted by Gasteiger charge is -1.97. The summed E-state index contributed by atoms with van der Waals surface area (Å²) in [7, 11) is 0. The van der Waals surface area contributed by atoms with Gasteiger partial charge in [0, 0.05) is 6.92 Å². The number of guanidine groups is 1. The molecule has 1 aromatic rings. The molecule has 18 heavy (non-hydrogen) atoms. The third kappa shape index (κ3) is 8.22. The number of carboxylic acids is 1. The van der Waals surface area contributed by atoms with Crippen molar-refractivity contribution in [3.63, 3.8) is 0 Å². The number of nitrogens with one attached hydrogen (secondary N) is 2. The highest BCUT2D eigenvalue weighted by atomic mass is 79.9. The highest BCUT2D eigenvalue weighted by molar-refractivity contribution is 9.10. The average molecular weight is 319 g/mol. The fourth-order valence-electron chi connectivity index (χ4n) is 0.769. The van der Waals surface area contributed by atoms with Gasteiger partial charge in [0.05, 0.1) is 10.7 Å². The average Bonchev–Trinajstić information content (AvgIpc) is 2.22. The van der Waals surface area contributed by atoms with Crippen molar-refractivity contribution in [3.8, 4) is 0 Å². The van der Waals surface area contributed by atoms with E-state index in [1.807, 2.05) is 0 Å². The number of carbonyl (C=O) groups is 1. The van der Waals surface area contributed by atoms with Gasteiger partial charge in [0.25, 0.3) is 5.97 Å². The summed E-state index contributed by atoms with van der Waals surface area (Å²) in [5.74, 6) is -1.41. The summed E-state index contributed by atoms with van der Waals surface area (Å²) in [6, 6.07) is 4.45. The minimum Gasteiger partial charge on any atom is -0.481 e. The molecule has 0 saturated carbocycles. The first kappa shape index (κ1) is 16.0. The van der Waals surface area contributed by atoms with Gasteiger partial charge >= 0.3 is 0 Å². The summed E-state index contributed by atoms with van der Waals surface area (Å²) >= 11 is 3.04.